The highest BCUT2D eigenvalue weighted by atomic mass is 35.5. The van der Waals surface area contributed by atoms with Crippen LogP contribution in [-0.2, 0) is 54.1 Å². The highest BCUT2D eigenvalue weighted by Crippen LogP contribution is 2.49. The first kappa shape index (κ1) is 55.0. The van der Waals surface area contributed by atoms with Gasteiger partial charge in [0.15, 0.2) is 11.5 Å². The van der Waals surface area contributed by atoms with Crippen LogP contribution in [0.3, 0.4) is 0 Å². The molecule has 4 N–H and O–H groups in total. The Labute approximate surface area is 434 Å². The number of nitrogens with zero attached hydrogens (tertiary/aromatic N) is 2. The maximum atomic E-state index is 14.3. The van der Waals surface area contributed by atoms with E-state index in [2.05, 4.69) is 16.0 Å². The minimum absolute atomic E-state index is 0.0697. The number of ether oxygens (including phenoxy) is 6. The smallest absolute Gasteiger partial charge is 0.409 e. The van der Waals surface area contributed by atoms with Gasteiger partial charge in [0, 0.05) is 52.3 Å². The topological polar surface area (TPSA) is 241 Å². The number of Topliss-reactive ketones (excluding diaryl/α,β-unsaturated/α-hetero) is 1. The van der Waals surface area contributed by atoms with Gasteiger partial charge in [0.25, 0.3) is 0 Å². The largest absolute Gasteiger partial charge is 0.495 e. The summed E-state index contributed by atoms with van der Waals surface area (Å²) in [6.07, 6.45) is -1.10. The van der Waals surface area contributed by atoms with E-state index < -0.39 is 102 Å². The first-order valence-corrected chi connectivity index (χ1v) is 24.8. The zero-order valence-electron chi connectivity index (χ0n) is 42.7. The van der Waals surface area contributed by atoms with Crippen LogP contribution in [0.5, 0.6) is 5.75 Å². The summed E-state index contributed by atoms with van der Waals surface area (Å²) in [6, 6.07) is 18.1. The molecule has 2 fully saturated rings. The molecule has 4 bridgehead atoms. The van der Waals surface area contributed by atoms with Gasteiger partial charge in [-0.15, -0.1) is 0 Å². The zero-order chi connectivity index (χ0) is 53.6. The van der Waals surface area contributed by atoms with Crippen molar-refractivity contribution in [1.29, 1.82) is 0 Å². The van der Waals surface area contributed by atoms with Gasteiger partial charge in [-0.1, -0.05) is 90.9 Å². The number of carbonyl (C=O) groups excluding carboxylic acids is 7. The number of alkyl carbamates (subject to hydrolysis) is 2. The number of allylic oxidation sites excluding steroid dienone is 3. The van der Waals surface area contributed by atoms with E-state index in [1.807, 2.05) is 61.5 Å². The number of hydrogen-bond donors (Lipinski definition) is 4. The van der Waals surface area contributed by atoms with Crippen LogP contribution in [-0.4, -0.2) is 141 Å². The molecule has 396 valence electrons. The number of carbonyl (C=O) groups is 7. The molecule has 0 spiro atoms. The molecule has 0 saturated carbocycles. The number of halogens is 1. The summed E-state index contributed by atoms with van der Waals surface area (Å²) in [5, 5.41) is 19.4. The lowest BCUT2D eigenvalue weighted by atomic mass is 9.83. The Morgan fingerprint density at radius 1 is 1.00 bits per heavy atom. The molecule has 74 heavy (non-hydrogen) atoms. The van der Waals surface area contributed by atoms with E-state index in [0.29, 0.717) is 17.9 Å². The van der Waals surface area contributed by atoms with Gasteiger partial charge in [-0.05, 0) is 67.1 Å². The van der Waals surface area contributed by atoms with Crippen LogP contribution < -0.4 is 25.6 Å². The van der Waals surface area contributed by atoms with Crippen LogP contribution in [0.4, 0.5) is 15.3 Å². The number of ketones is 1. The average Bonchev–Trinajstić information content (AvgIpc) is 3.98. The van der Waals surface area contributed by atoms with Crippen molar-refractivity contribution in [2.24, 2.45) is 5.92 Å². The molecule has 20 heteroatoms. The number of anilines is 1. The highest BCUT2D eigenvalue weighted by molar-refractivity contribution is 6.35. The number of nitrogens with one attached hydrogen (secondary N) is 3. The molecule has 8 unspecified atom stereocenters. The molecule has 19 nitrogen and oxygen atoms in total. The lowest BCUT2D eigenvalue weighted by Gasteiger charge is -2.42. The molecule has 3 aromatic rings. The molecule has 0 radical (unpaired) electrons. The van der Waals surface area contributed by atoms with Gasteiger partial charge >= 0.3 is 18.2 Å². The first-order chi connectivity index (χ1) is 35.2. The Morgan fingerprint density at radius 3 is 2.34 bits per heavy atom. The SMILES string of the molecule is COc1cc2cc(c1Cl)N(C)C(=O)CC(OC(=O)C(C)N(C)C(=O)CNC(=O)CCC(=O)CNC(=O)OCC1c3ccccc3-c3ccccc31)C1(C)OC1C(C)C1CC(O)(NC(=O)O1)C(OC)/C=C/C=C(\C)C2. The van der Waals surface area contributed by atoms with E-state index in [9.17, 15) is 38.7 Å². The predicted octanol–water partition coefficient (Wildman–Crippen LogP) is 5.52. The zero-order valence-corrected chi connectivity index (χ0v) is 43.5. The second-order valence-corrected chi connectivity index (χ2v) is 19.8. The van der Waals surface area contributed by atoms with Gasteiger partial charge in [-0.2, -0.15) is 0 Å². The normalized spacial score (nSPS) is 26.0. The molecule has 3 heterocycles. The average molecular weight is 1040 g/mol. The third-order valence-electron chi connectivity index (χ3n) is 14.4. The molecule has 8 atom stereocenters. The minimum atomic E-state index is -1.89. The quantitative estimate of drug-likeness (QED) is 0.0884. The summed E-state index contributed by atoms with van der Waals surface area (Å²) in [4.78, 5) is 95.1. The number of esters is 1. The van der Waals surface area contributed by atoms with E-state index in [4.69, 9.17) is 40.0 Å². The monoisotopic (exact) mass is 1040 g/mol. The number of hydrogen-bond acceptors (Lipinski definition) is 14. The highest BCUT2D eigenvalue weighted by Gasteiger charge is 2.64. The second kappa shape index (κ2) is 23.2. The van der Waals surface area contributed by atoms with Crippen LogP contribution in [0.15, 0.2) is 84.5 Å². The first-order valence-electron chi connectivity index (χ1n) is 24.4. The lowest BCUT2D eigenvalue weighted by Crippen LogP contribution is -2.63. The number of likely N-dealkylation sites (N-methyl/N-ethyl adjacent to an activating group) is 1. The molecular weight excluding hydrogens is 978 g/mol. The molecule has 4 aliphatic rings. The number of aliphatic hydroxyl groups is 1. The Morgan fingerprint density at radius 2 is 1.68 bits per heavy atom. The fraction of sp³-hybridized carbons (Fsp3) is 0.463. The summed E-state index contributed by atoms with van der Waals surface area (Å²) in [5.74, 6) is -3.59. The maximum Gasteiger partial charge on any atom is 0.409 e. The van der Waals surface area contributed by atoms with Crippen molar-refractivity contribution in [3.8, 4) is 16.9 Å². The van der Waals surface area contributed by atoms with Gasteiger partial charge in [0.1, 0.15) is 47.3 Å². The molecule has 5 amide bonds. The number of amides is 5. The van der Waals surface area contributed by atoms with Gasteiger partial charge in [0.05, 0.1) is 38.4 Å². The van der Waals surface area contributed by atoms with Crippen LogP contribution >= 0.6 is 11.6 Å². The fourth-order valence-electron chi connectivity index (χ4n) is 9.77. The summed E-state index contributed by atoms with van der Waals surface area (Å²) in [6.45, 7) is 5.89. The molecule has 2 saturated heterocycles. The molecule has 0 aromatic heterocycles. The van der Waals surface area contributed by atoms with E-state index >= 15 is 0 Å². The standard InChI is InChI=1S/C54H64ClN5O14/c1-30-14-13-19-43(70-8)54(68)26-42(72-52(67)58-54)31(2)49-53(4,74-49)44(25-46(63)60(6)40-23-33(22-30)24-41(69-7)48(40)55)73-50(65)32(3)59(5)47(64)28-56-45(62)21-20-34(61)27-57-51(66)71-29-39-37-17-11-9-15-35(37)36-16-10-12-18-38(36)39/h9-19,23-24,31-32,39,42-44,49,68H,20-22,25-29H2,1-8H3,(H,56,62)(H,57,66)(H,58,67)/b19-13+,30-14+. The molecule has 1 aliphatic carbocycles. The number of benzene rings is 3. The van der Waals surface area contributed by atoms with Crippen molar-refractivity contribution in [2.45, 2.75) is 108 Å². The number of methoxy groups -OCH3 is 2. The Hall–Kier alpha value is -6.80. The van der Waals surface area contributed by atoms with Crippen LogP contribution in [0.25, 0.3) is 11.1 Å². The van der Waals surface area contributed by atoms with Crippen molar-refractivity contribution < 1.29 is 67.1 Å². The molecule has 3 aromatic carbocycles. The Balaban J connectivity index is 0.962. The van der Waals surface area contributed by atoms with Crippen LogP contribution in [0, 0.1) is 5.92 Å². The molecule has 3 aliphatic heterocycles. The van der Waals surface area contributed by atoms with Crippen molar-refractivity contribution in [3.63, 3.8) is 0 Å². The lowest BCUT2D eigenvalue weighted by molar-refractivity contribution is -0.161. The third kappa shape index (κ3) is 12.2. The molecular formula is C54H64ClN5O14. The number of rotatable bonds is 14. The Bertz CT molecular complexity index is 2690. The van der Waals surface area contributed by atoms with Crippen molar-refractivity contribution in [1.82, 2.24) is 20.9 Å². The van der Waals surface area contributed by atoms with Crippen LogP contribution in [0.1, 0.15) is 76.0 Å². The fourth-order valence-corrected chi connectivity index (χ4v) is 10.1. The third-order valence-corrected chi connectivity index (χ3v) is 14.7. The van der Waals surface area contributed by atoms with Crippen molar-refractivity contribution >= 4 is 58.9 Å². The number of epoxide rings is 1. The van der Waals surface area contributed by atoms with Gasteiger partial charge in [-0.25, -0.2) is 14.4 Å². The van der Waals surface area contributed by atoms with E-state index in [1.165, 1.54) is 40.1 Å². The van der Waals surface area contributed by atoms with E-state index in [1.54, 1.807) is 38.1 Å². The van der Waals surface area contributed by atoms with Gasteiger partial charge in [0.2, 0.25) is 17.7 Å². The van der Waals surface area contributed by atoms with Gasteiger partial charge < -0.3 is 54.0 Å². The maximum absolute atomic E-state index is 14.3. The summed E-state index contributed by atoms with van der Waals surface area (Å²) >= 11 is 6.80. The van der Waals surface area contributed by atoms with Crippen LogP contribution in [0.2, 0.25) is 5.02 Å². The number of fused-ring (bicyclic) bond motifs is 8. The Kier molecular flexibility index (Phi) is 17.2. The summed E-state index contributed by atoms with van der Waals surface area (Å²) < 4.78 is 34.8. The summed E-state index contributed by atoms with van der Waals surface area (Å²) in [5.41, 5.74) is 2.98. The second-order valence-electron chi connectivity index (χ2n) is 19.4. The summed E-state index contributed by atoms with van der Waals surface area (Å²) in [7, 11) is 5.73. The van der Waals surface area contributed by atoms with Crippen molar-refractivity contribution in [3.05, 3.63) is 106 Å². The van der Waals surface area contributed by atoms with E-state index in [0.717, 1.165) is 38.3 Å². The van der Waals surface area contributed by atoms with Crippen molar-refractivity contribution in [2.75, 3.05) is 52.9 Å². The minimum Gasteiger partial charge on any atom is -0.495 e. The predicted molar refractivity (Wildman–Crippen MR) is 271 cm³/mol. The van der Waals surface area contributed by atoms with E-state index in [-0.39, 0.29) is 43.4 Å². The van der Waals surface area contributed by atoms with Gasteiger partial charge in [-0.3, -0.25) is 24.5 Å². The molecule has 7 rings (SSSR count).